The molecule has 228 valence electrons. The predicted molar refractivity (Wildman–Crippen MR) is 154 cm³/mol. The van der Waals surface area contributed by atoms with Crippen molar-refractivity contribution in [2.75, 3.05) is 26.2 Å². The van der Waals surface area contributed by atoms with E-state index in [1.165, 1.54) is 27.5 Å². The smallest absolute Gasteiger partial charge is 0.416 e. The Hall–Kier alpha value is -3.91. The van der Waals surface area contributed by atoms with Gasteiger partial charge in [-0.15, -0.1) is 0 Å². The lowest BCUT2D eigenvalue weighted by Gasteiger charge is -2.41. The molecule has 1 fully saturated rings. The number of amides is 2. The van der Waals surface area contributed by atoms with Gasteiger partial charge in [0, 0.05) is 25.0 Å². The Morgan fingerprint density at radius 1 is 1.16 bits per heavy atom. The van der Waals surface area contributed by atoms with Crippen molar-refractivity contribution < 1.29 is 37.0 Å². The van der Waals surface area contributed by atoms with Gasteiger partial charge < -0.3 is 14.7 Å². The summed E-state index contributed by atoms with van der Waals surface area (Å²) in [5.74, 6) is -1.40. The van der Waals surface area contributed by atoms with Gasteiger partial charge in [0.05, 0.1) is 41.4 Å². The van der Waals surface area contributed by atoms with Gasteiger partial charge in [0.1, 0.15) is 11.4 Å². The fourth-order valence-electron chi connectivity index (χ4n) is 4.86. The van der Waals surface area contributed by atoms with Gasteiger partial charge in [-0.05, 0) is 74.0 Å². The van der Waals surface area contributed by atoms with E-state index < -0.39 is 41.2 Å². The molecule has 0 spiro atoms. The molecule has 0 aliphatic carbocycles. The number of thioether (sulfide) groups is 1. The van der Waals surface area contributed by atoms with Crippen molar-refractivity contribution in [3.05, 3.63) is 70.0 Å². The van der Waals surface area contributed by atoms with Gasteiger partial charge in [-0.2, -0.15) is 23.3 Å². The van der Waals surface area contributed by atoms with Crippen molar-refractivity contribution in [1.29, 1.82) is 0 Å². The number of benzene rings is 2. The van der Waals surface area contributed by atoms with Crippen LogP contribution in [0.4, 0.5) is 22.4 Å². The molecule has 2 aromatic carbocycles. The second kappa shape index (κ2) is 11.6. The molecule has 2 aliphatic rings. The number of aliphatic hydroxyl groups is 1. The first-order valence-corrected chi connectivity index (χ1v) is 14.2. The molecular weight excluding hydrogens is 590 g/mol. The summed E-state index contributed by atoms with van der Waals surface area (Å²) in [6.45, 7) is 5.78. The van der Waals surface area contributed by atoms with Gasteiger partial charge in [-0.1, -0.05) is 12.1 Å². The normalized spacial score (nSPS) is 19.0. The lowest BCUT2D eigenvalue weighted by atomic mass is 10.1. The van der Waals surface area contributed by atoms with E-state index in [0.29, 0.717) is 39.2 Å². The first-order valence-electron chi connectivity index (χ1n) is 13.4. The summed E-state index contributed by atoms with van der Waals surface area (Å²) in [5, 5.41) is 15.3. The van der Waals surface area contributed by atoms with E-state index in [2.05, 4.69) is 10.1 Å². The summed E-state index contributed by atoms with van der Waals surface area (Å²) < 4.78 is 60.7. The highest BCUT2D eigenvalue weighted by molar-refractivity contribution is 8.18. The summed E-state index contributed by atoms with van der Waals surface area (Å²) in [6.07, 6.45) is -2.04. The maximum absolute atomic E-state index is 13.5. The minimum atomic E-state index is -4.71. The number of aliphatic imine (C=N–C) groups is 1. The number of aliphatic hydroxyl groups excluding tert-OH is 1. The number of hydrogen-bond acceptors (Lipinski definition) is 7. The molecule has 3 heterocycles. The Bertz CT molecular complexity index is 1630. The molecule has 1 atom stereocenters. The molecule has 1 N–H and O–H groups in total. The number of fused-ring (bicyclic) bond motifs is 1. The number of carbonyl (C=O) groups is 2. The van der Waals surface area contributed by atoms with Gasteiger partial charge in [0.15, 0.2) is 5.17 Å². The first kappa shape index (κ1) is 30.5. The van der Waals surface area contributed by atoms with E-state index in [1.807, 2.05) is 4.90 Å². The summed E-state index contributed by atoms with van der Waals surface area (Å²) in [6, 6.07) is 7.20. The quantitative estimate of drug-likeness (QED) is 0.320. The Labute approximate surface area is 248 Å². The van der Waals surface area contributed by atoms with Gasteiger partial charge in [0.25, 0.3) is 5.91 Å². The van der Waals surface area contributed by atoms with Crippen LogP contribution in [0.25, 0.3) is 17.0 Å². The fraction of sp³-hybridized carbons (Fsp3) is 0.379. The Balaban J connectivity index is 1.28. The second-order valence-corrected chi connectivity index (χ2v) is 12.2. The number of amidine groups is 1. The van der Waals surface area contributed by atoms with E-state index in [4.69, 9.17) is 4.74 Å². The third-order valence-corrected chi connectivity index (χ3v) is 7.91. The van der Waals surface area contributed by atoms with Crippen LogP contribution in [0.15, 0.2) is 52.5 Å². The largest absolute Gasteiger partial charge is 0.444 e. The van der Waals surface area contributed by atoms with Crippen LogP contribution in [0.1, 0.15) is 37.5 Å². The number of piperazine rings is 1. The lowest BCUT2D eigenvalue weighted by molar-refractivity contribution is -0.138. The molecule has 9 nitrogen and oxygen atoms in total. The molecule has 3 aromatic rings. The van der Waals surface area contributed by atoms with Crippen LogP contribution in [-0.4, -0.2) is 79.7 Å². The first-order chi connectivity index (χ1) is 20.2. The molecule has 2 amide bonds. The lowest BCUT2D eigenvalue weighted by Crippen LogP contribution is -2.58. The van der Waals surface area contributed by atoms with E-state index in [9.17, 15) is 32.3 Å². The molecular formula is C29H29F4N5O4S. The molecule has 14 heteroatoms. The number of halogens is 4. The van der Waals surface area contributed by atoms with E-state index in [-0.39, 0.29) is 31.8 Å². The molecule has 1 aromatic heterocycles. The summed E-state index contributed by atoms with van der Waals surface area (Å²) in [7, 11) is 0. The second-order valence-electron chi connectivity index (χ2n) is 11.2. The number of alkyl halides is 3. The van der Waals surface area contributed by atoms with Gasteiger partial charge in [0.2, 0.25) is 0 Å². The highest BCUT2D eigenvalue weighted by Gasteiger charge is 2.37. The number of aromatic nitrogens is 2. The van der Waals surface area contributed by atoms with Crippen LogP contribution in [0.3, 0.4) is 0 Å². The van der Waals surface area contributed by atoms with Crippen LogP contribution < -0.4 is 0 Å². The Kier molecular flexibility index (Phi) is 8.27. The molecule has 0 saturated carbocycles. The highest BCUT2D eigenvalue weighted by Crippen LogP contribution is 2.34. The van der Waals surface area contributed by atoms with Gasteiger partial charge in [-0.25, -0.2) is 9.18 Å². The van der Waals surface area contributed by atoms with Crippen molar-refractivity contribution in [2.45, 2.75) is 45.1 Å². The van der Waals surface area contributed by atoms with Crippen molar-refractivity contribution in [3.8, 4) is 0 Å². The van der Waals surface area contributed by atoms with Crippen molar-refractivity contribution in [2.24, 2.45) is 4.99 Å². The molecule has 0 unspecified atom stereocenters. The number of carbonyl (C=O) groups excluding carboxylic acids is 2. The zero-order valence-corrected chi connectivity index (χ0v) is 24.4. The number of nitrogens with zero attached hydrogens (tertiary/aromatic N) is 5. The maximum atomic E-state index is 13.5. The highest BCUT2D eigenvalue weighted by atomic mass is 32.2. The monoisotopic (exact) mass is 619 g/mol. The van der Waals surface area contributed by atoms with Crippen molar-refractivity contribution >= 4 is 45.9 Å². The van der Waals surface area contributed by atoms with Crippen molar-refractivity contribution in [1.82, 2.24) is 19.6 Å². The zero-order chi connectivity index (χ0) is 31.1. The number of rotatable bonds is 4. The maximum Gasteiger partial charge on any atom is 0.416 e. The molecule has 2 aliphatic heterocycles. The third-order valence-electron chi connectivity index (χ3n) is 6.86. The van der Waals surface area contributed by atoms with Crippen LogP contribution in [0, 0.1) is 5.82 Å². The van der Waals surface area contributed by atoms with Crippen LogP contribution in [-0.2, 0) is 22.3 Å². The minimum Gasteiger partial charge on any atom is -0.444 e. The van der Waals surface area contributed by atoms with Gasteiger partial charge in [-0.3, -0.25) is 14.4 Å². The van der Waals surface area contributed by atoms with E-state index in [1.54, 1.807) is 45.0 Å². The molecule has 5 rings (SSSR count). The standard InChI is InChI=1S/C29H29F4N5O4S/c1-28(2,3)42-27(41)37-9-8-36(15-21(37)16-39)26-35-25(40)24(43-26)11-17-4-7-23-19(10-17)13-34-38(23)14-18-5-6-20(30)12-22(18)29(31,32)33/h4-7,10-13,21,39H,8-9,14-16H2,1-3H3/t21-/m1/s1. The summed E-state index contributed by atoms with van der Waals surface area (Å²) in [4.78, 5) is 33.2. The summed E-state index contributed by atoms with van der Waals surface area (Å²) in [5.41, 5.74) is -0.605. The molecule has 1 saturated heterocycles. The fourth-order valence-corrected chi connectivity index (χ4v) is 5.81. The van der Waals surface area contributed by atoms with Crippen LogP contribution >= 0.6 is 11.8 Å². The average molecular weight is 620 g/mol. The molecule has 0 radical (unpaired) electrons. The van der Waals surface area contributed by atoms with Gasteiger partial charge >= 0.3 is 12.3 Å². The van der Waals surface area contributed by atoms with E-state index in [0.717, 1.165) is 12.1 Å². The Morgan fingerprint density at radius 3 is 2.63 bits per heavy atom. The SMILES string of the molecule is CC(C)(C)OC(=O)N1CCN(C2=NC(=O)C(=Cc3ccc4c(cnn4Cc4ccc(F)cc4C(F)(F)F)c3)S2)C[C@@H]1CO. The minimum absolute atomic E-state index is 0.113. The topological polar surface area (TPSA) is 100 Å². The average Bonchev–Trinajstić information content (AvgIpc) is 3.50. The number of ether oxygens (including phenoxy) is 1. The number of hydrogen-bond donors (Lipinski definition) is 1. The van der Waals surface area contributed by atoms with Crippen molar-refractivity contribution in [3.63, 3.8) is 0 Å². The van der Waals surface area contributed by atoms with E-state index >= 15 is 0 Å². The Morgan fingerprint density at radius 2 is 1.93 bits per heavy atom. The zero-order valence-electron chi connectivity index (χ0n) is 23.6. The predicted octanol–water partition coefficient (Wildman–Crippen LogP) is 5.13. The molecule has 43 heavy (non-hydrogen) atoms. The summed E-state index contributed by atoms with van der Waals surface area (Å²) >= 11 is 1.18. The third kappa shape index (κ3) is 6.85. The van der Waals surface area contributed by atoms with Crippen LogP contribution in [0.5, 0.6) is 0 Å². The molecule has 0 bridgehead atoms. The van der Waals surface area contributed by atoms with Crippen LogP contribution in [0.2, 0.25) is 0 Å².